The Morgan fingerprint density at radius 3 is 2.43 bits per heavy atom. The zero-order chi connectivity index (χ0) is 20.6. The van der Waals surface area contributed by atoms with Gasteiger partial charge < -0.3 is 9.72 Å². The largest absolute Gasteiger partial charge is 0.487 e. The molecule has 0 spiro atoms. The topological polar surface area (TPSA) is 37.9 Å². The van der Waals surface area contributed by atoms with Crippen molar-refractivity contribution in [2.24, 2.45) is 0 Å². The molecule has 0 atom stereocenters. The molecule has 3 aromatic carbocycles. The summed E-state index contributed by atoms with van der Waals surface area (Å²) in [7, 11) is 0. The van der Waals surface area contributed by atoms with Crippen molar-refractivity contribution in [3.63, 3.8) is 0 Å². The first kappa shape index (κ1) is 22.1. The molecule has 1 heterocycles. The first-order valence-corrected chi connectivity index (χ1v) is 9.85. The fraction of sp³-hybridized carbons (Fsp3) is 0.208. The second-order valence-electron chi connectivity index (χ2n) is 8.13. The van der Waals surface area contributed by atoms with Gasteiger partial charge in [0, 0.05) is 5.56 Å². The van der Waals surface area contributed by atoms with E-state index in [0.29, 0.717) is 17.4 Å². The molecule has 1 N–H and O–H groups in total. The lowest BCUT2D eigenvalue weighted by Crippen LogP contribution is -2.10. The Morgan fingerprint density at radius 2 is 1.73 bits per heavy atom. The van der Waals surface area contributed by atoms with E-state index in [1.807, 2.05) is 18.2 Å². The number of benzene rings is 3. The average molecular weight is 445 g/mol. The lowest BCUT2D eigenvalue weighted by molar-refractivity contribution is 0.306. The molecule has 4 rings (SSSR count). The summed E-state index contributed by atoms with van der Waals surface area (Å²) >= 11 is 6.31. The van der Waals surface area contributed by atoms with Gasteiger partial charge in [0.2, 0.25) is 0 Å². The molecule has 4 aromatic rings. The van der Waals surface area contributed by atoms with Gasteiger partial charge in [0.1, 0.15) is 24.0 Å². The van der Waals surface area contributed by atoms with Gasteiger partial charge in [-0.05, 0) is 59.0 Å². The predicted molar refractivity (Wildman–Crippen MR) is 123 cm³/mol. The van der Waals surface area contributed by atoms with Gasteiger partial charge in [0.05, 0.1) is 16.1 Å². The van der Waals surface area contributed by atoms with E-state index in [-0.39, 0.29) is 23.6 Å². The highest BCUT2D eigenvalue weighted by Gasteiger charge is 2.15. The van der Waals surface area contributed by atoms with Crippen molar-refractivity contribution in [2.75, 3.05) is 0 Å². The summed E-state index contributed by atoms with van der Waals surface area (Å²) in [6.07, 6.45) is 0. The van der Waals surface area contributed by atoms with Gasteiger partial charge >= 0.3 is 0 Å². The third kappa shape index (κ3) is 4.77. The number of halogens is 3. The van der Waals surface area contributed by atoms with E-state index in [1.54, 1.807) is 18.2 Å². The van der Waals surface area contributed by atoms with Crippen LogP contribution in [0.1, 0.15) is 31.9 Å². The number of H-pyrrole nitrogens is 1. The minimum Gasteiger partial charge on any atom is -0.487 e. The number of ether oxygens (including phenoxy) is 1. The number of aromatic amines is 1. The maximum Gasteiger partial charge on any atom is 0.139 e. The van der Waals surface area contributed by atoms with Gasteiger partial charge in [-0.15, -0.1) is 12.4 Å². The SMILES string of the molecule is CC(C)(C)c1ccc2nc(-c3ccc(Cl)c(OCc4ccc(F)cc4)c3)[nH]c2c1.Cl. The monoisotopic (exact) mass is 444 g/mol. The molecule has 3 nitrogen and oxygen atoms in total. The highest BCUT2D eigenvalue weighted by Crippen LogP contribution is 2.32. The number of hydrogen-bond donors (Lipinski definition) is 1. The van der Waals surface area contributed by atoms with Gasteiger partial charge in [0.15, 0.2) is 0 Å². The van der Waals surface area contributed by atoms with Crippen LogP contribution < -0.4 is 4.74 Å². The average Bonchev–Trinajstić information content (AvgIpc) is 3.11. The number of hydrogen-bond acceptors (Lipinski definition) is 2. The van der Waals surface area contributed by atoms with E-state index >= 15 is 0 Å². The van der Waals surface area contributed by atoms with Crippen LogP contribution in [0.25, 0.3) is 22.4 Å². The highest BCUT2D eigenvalue weighted by molar-refractivity contribution is 6.32. The van der Waals surface area contributed by atoms with Crippen molar-refractivity contribution in [3.8, 4) is 17.1 Å². The molecule has 0 saturated heterocycles. The van der Waals surface area contributed by atoms with Crippen molar-refractivity contribution >= 4 is 35.0 Å². The molecule has 0 radical (unpaired) electrons. The lowest BCUT2D eigenvalue weighted by Gasteiger charge is -2.18. The molecule has 0 amide bonds. The van der Waals surface area contributed by atoms with E-state index in [4.69, 9.17) is 21.3 Å². The molecule has 0 aliphatic heterocycles. The van der Waals surface area contributed by atoms with E-state index in [2.05, 4.69) is 37.9 Å². The van der Waals surface area contributed by atoms with Crippen molar-refractivity contribution in [1.29, 1.82) is 0 Å². The number of rotatable bonds is 4. The number of imidazole rings is 1. The number of nitrogens with one attached hydrogen (secondary N) is 1. The maximum absolute atomic E-state index is 13.1. The van der Waals surface area contributed by atoms with Gasteiger partial charge in [-0.25, -0.2) is 9.37 Å². The van der Waals surface area contributed by atoms with Crippen LogP contribution in [-0.4, -0.2) is 9.97 Å². The molecular weight excluding hydrogens is 422 g/mol. The highest BCUT2D eigenvalue weighted by atomic mass is 35.5. The van der Waals surface area contributed by atoms with E-state index in [0.717, 1.165) is 28.0 Å². The Labute approximate surface area is 186 Å². The summed E-state index contributed by atoms with van der Waals surface area (Å²) in [5.41, 5.74) is 4.98. The fourth-order valence-corrected chi connectivity index (χ4v) is 3.29. The van der Waals surface area contributed by atoms with Gasteiger partial charge in [-0.2, -0.15) is 0 Å². The second kappa shape index (κ2) is 8.66. The predicted octanol–water partition coefficient (Wildman–Crippen LogP) is 7.32. The van der Waals surface area contributed by atoms with Crippen molar-refractivity contribution in [3.05, 3.63) is 82.6 Å². The second-order valence-corrected chi connectivity index (χ2v) is 8.53. The summed E-state index contributed by atoms with van der Waals surface area (Å²) in [4.78, 5) is 8.11. The van der Waals surface area contributed by atoms with Gasteiger partial charge in [0.25, 0.3) is 0 Å². The summed E-state index contributed by atoms with van der Waals surface area (Å²) < 4.78 is 18.9. The molecule has 0 aliphatic carbocycles. The standard InChI is InChI=1S/C24H22ClFN2O.ClH/c1-24(2,3)17-7-11-20-21(13-17)28-23(27-20)16-6-10-19(25)22(12-16)29-14-15-4-8-18(26)9-5-15;/h4-13H,14H2,1-3H3,(H,27,28);1H. The van der Waals surface area contributed by atoms with E-state index in [1.165, 1.54) is 17.7 Å². The number of fused-ring (bicyclic) bond motifs is 1. The molecule has 6 heteroatoms. The Hall–Kier alpha value is -2.56. The summed E-state index contributed by atoms with van der Waals surface area (Å²) in [5, 5.41) is 0.516. The Morgan fingerprint density at radius 1 is 1.00 bits per heavy atom. The first-order chi connectivity index (χ1) is 13.8. The van der Waals surface area contributed by atoms with Crippen molar-refractivity contribution in [1.82, 2.24) is 9.97 Å². The van der Waals surface area contributed by atoms with Crippen LogP contribution in [0.15, 0.2) is 60.7 Å². The molecule has 1 aromatic heterocycles. The van der Waals surface area contributed by atoms with Crippen LogP contribution in [0.2, 0.25) is 5.02 Å². The van der Waals surface area contributed by atoms with E-state index < -0.39 is 0 Å². The molecule has 0 unspecified atom stereocenters. The molecule has 0 bridgehead atoms. The minimum atomic E-state index is -0.270. The molecular formula is C24H23Cl2FN2O. The van der Waals surface area contributed by atoms with Crippen molar-refractivity contribution in [2.45, 2.75) is 32.8 Å². The fourth-order valence-electron chi connectivity index (χ4n) is 3.12. The van der Waals surface area contributed by atoms with Crippen LogP contribution in [0, 0.1) is 5.82 Å². The van der Waals surface area contributed by atoms with Crippen LogP contribution in [0.5, 0.6) is 5.75 Å². The van der Waals surface area contributed by atoms with Gasteiger partial charge in [-0.1, -0.05) is 50.6 Å². The molecule has 30 heavy (non-hydrogen) atoms. The normalized spacial score (nSPS) is 11.4. The van der Waals surface area contributed by atoms with Crippen LogP contribution in [0.4, 0.5) is 4.39 Å². The Kier molecular flexibility index (Phi) is 6.39. The lowest BCUT2D eigenvalue weighted by atomic mass is 9.87. The molecule has 156 valence electrons. The summed E-state index contributed by atoms with van der Waals surface area (Å²) in [6.45, 7) is 6.87. The quantitative estimate of drug-likeness (QED) is 0.357. The van der Waals surface area contributed by atoms with Crippen LogP contribution >= 0.6 is 24.0 Å². The number of aromatic nitrogens is 2. The van der Waals surface area contributed by atoms with E-state index in [9.17, 15) is 4.39 Å². The van der Waals surface area contributed by atoms with Gasteiger partial charge in [-0.3, -0.25) is 0 Å². The Bertz CT molecular complexity index is 1160. The first-order valence-electron chi connectivity index (χ1n) is 9.47. The zero-order valence-corrected chi connectivity index (χ0v) is 18.6. The summed E-state index contributed by atoms with van der Waals surface area (Å²) in [5.74, 6) is 1.05. The van der Waals surface area contributed by atoms with Crippen LogP contribution in [-0.2, 0) is 12.0 Å². The molecule has 0 saturated carbocycles. The minimum absolute atomic E-state index is 0. The van der Waals surface area contributed by atoms with Crippen molar-refractivity contribution < 1.29 is 9.13 Å². The molecule has 0 aliphatic rings. The zero-order valence-electron chi connectivity index (χ0n) is 17.0. The third-order valence-corrected chi connectivity index (χ3v) is 5.17. The summed E-state index contributed by atoms with van der Waals surface area (Å²) in [6, 6.07) is 18.1. The van der Waals surface area contributed by atoms with Crippen LogP contribution in [0.3, 0.4) is 0 Å². The smallest absolute Gasteiger partial charge is 0.139 e. The number of nitrogens with zero attached hydrogens (tertiary/aromatic N) is 1. The Balaban J connectivity index is 0.00000256. The molecule has 0 fully saturated rings. The third-order valence-electron chi connectivity index (χ3n) is 4.86. The maximum atomic E-state index is 13.1.